The van der Waals surface area contributed by atoms with Crippen molar-refractivity contribution in [3.8, 4) is 0 Å². The summed E-state index contributed by atoms with van der Waals surface area (Å²) in [6.45, 7) is 8.50. The molecule has 1 aromatic rings. The van der Waals surface area contributed by atoms with Gasteiger partial charge in [-0.05, 0) is 12.8 Å². The van der Waals surface area contributed by atoms with Gasteiger partial charge in [-0.2, -0.15) is 0 Å². The van der Waals surface area contributed by atoms with Gasteiger partial charge in [0.2, 0.25) is 0 Å². The number of hydrogen-bond donors (Lipinski definition) is 1. The van der Waals surface area contributed by atoms with Gasteiger partial charge < -0.3 is 14.7 Å². The van der Waals surface area contributed by atoms with Crippen LogP contribution in [-0.4, -0.2) is 47.5 Å². The van der Waals surface area contributed by atoms with E-state index in [9.17, 15) is 0 Å². The van der Waals surface area contributed by atoms with Crippen LogP contribution in [0.1, 0.15) is 39.4 Å². The Morgan fingerprint density at radius 1 is 1.33 bits per heavy atom. The molecule has 1 N–H and O–H groups in total. The van der Waals surface area contributed by atoms with Crippen molar-refractivity contribution in [3.05, 3.63) is 17.0 Å². The summed E-state index contributed by atoms with van der Waals surface area (Å²) in [5, 5.41) is 9.29. The van der Waals surface area contributed by atoms with Crippen LogP contribution in [0.3, 0.4) is 0 Å². The van der Waals surface area contributed by atoms with Gasteiger partial charge in [0.25, 0.3) is 0 Å². The smallest absolute Gasteiger partial charge is 0.137 e. The summed E-state index contributed by atoms with van der Waals surface area (Å²) in [6, 6.07) is 1.83. The molecule has 118 valence electrons. The van der Waals surface area contributed by atoms with Gasteiger partial charge in [-0.3, -0.25) is 0 Å². The summed E-state index contributed by atoms with van der Waals surface area (Å²) in [5.74, 6) is 1.66. The van der Waals surface area contributed by atoms with Crippen LogP contribution in [-0.2, 0) is 10.2 Å². The molecule has 0 aromatic carbocycles. The number of nitrogens with zero attached hydrogens (tertiary/aromatic N) is 3. The third-order valence-corrected chi connectivity index (χ3v) is 3.76. The Kier molecular flexibility index (Phi) is 5.41. The van der Waals surface area contributed by atoms with Gasteiger partial charge in [0.05, 0.1) is 19.3 Å². The lowest BCUT2D eigenvalue weighted by Crippen LogP contribution is -2.38. The van der Waals surface area contributed by atoms with Crippen LogP contribution < -0.4 is 4.90 Å². The molecule has 1 saturated heterocycles. The van der Waals surface area contributed by atoms with Gasteiger partial charge in [-0.15, -0.1) is 0 Å². The summed E-state index contributed by atoms with van der Waals surface area (Å²) in [6.07, 6.45) is 2.10. The lowest BCUT2D eigenvalue weighted by Gasteiger charge is -2.33. The third-order valence-electron chi connectivity index (χ3n) is 3.56. The van der Waals surface area contributed by atoms with Crippen molar-refractivity contribution in [1.29, 1.82) is 0 Å². The maximum absolute atomic E-state index is 8.80. The lowest BCUT2D eigenvalue weighted by molar-refractivity contribution is 0.0158. The Hall–Kier alpha value is -0.910. The third kappa shape index (κ3) is 4.53. The van der Waals surface area contributed by atoms with Crippen LogP contribution in [0.2, 0.25) is 5.15 Å². The molecular formula is C15H24ClN3O2. The summed E-state index contributed by atoms with van der Waals surface area (Å²) >= 11 is 6.14. The predicted molar refractivity (Wildman–Crippen MR) is 84.0 cm³/mol. The van der Waals surface area contributed by atoms with E-state index in [2.05, 4.69) is 35.6 Å². The zero-order valence-electron chi connectivity index (χ0n) is 13.0. The van der Waals surface area contributed by atoms with E-state index in [1.165, 1.54) is 0 Å². The van der Waals surface area contributed by atoms with E-state index >= 15 is 0 Å². The van der Waals surface area contributed by atoms with Crippen molar-refractivity contribution in [3.63, 3.8) is 0 Å². The number of aromatic nitrogens is 2. The number of halogens is 1. The Bertz CT molecular complexity index is 468. The highest BCUT2D eigenvalue weighted by Crippen LogP contribution is 2.26. The Morgan fingerprint density at radius 2 is 2.00 bits per heavy atom. The van der Waals surface area contributed by atoms with Crippen LogP contribution in [0.4, 0.5) is 5.82 Å². The fourth-order valence-corrected chi connectivity index (χ4v) is 2.55. The molecule has 21 heavy (non-hydrogen) atoms. The largest absolute Gasteiger partial charge is 0.394 e. The van der Waals surface area contributed by atoms with Gasteiger partial charge in [-0.25, -0.2) is 9.97 Å². The number of piperidine rings is 1. The number of anilines is 1. The SMILES string of the molecule is CC(C)(C)c1nc(Cl)cc(N2CCC(OCCO)CC2)n1. The van der Waals surface area contributed by atoms with Gasteiger partial charge in [0, 0.05) is 24.6 Å². The van der Waals surface area contributed by atoms with Crippen molar-refractivity contribution in [2.24, 2.45) is 0 Å². The lowest BCUT2D eigenvalue weighted by atomic mass is 9.96. The highest BCUT2D eigenvalue weighted by atomic mass is 35.5. The van der Waals surface area contributed by atoms with Gasteiger partial charge in [0.15, 0.2) is 0 Å². The number of hydrogen-bond acceptors (Lipinski definition) is 5. The van der Waals surface area contributed by atoms with E-state index in [-0.39, 0.29) is 18.1 Å². The van der Waals surface area contributed by atoms with E-state index < -0.39 is 0 Å². The zero-order chi connectivity index (χ0) is 15.5. The molecule has 1 fully saturated rings. The van der Waals surface area contributed by atoms with Crippen LogP contribution in [0.5, 0.6) is 0 Å². The molecule has 1 aliphatic rings. The molecule has 0 amide bonds. The summed E-state index contributed by atoms with van der Waals surface area (Å²) in [4.78, 5) is 11.2. The van der Waals surface area contributed by atoms with E-state index in [1.807, 2.05) is 6.07 Å². The quantitative estimate of drug-likeness (QED) is 0.865. The van der Waals surface area contributed by atoms with E-state index in [0.29, 0.717) is 11.8 Å². The number of rotatable bonds is 4. The fraction of sp³-hybridized carbons (Fsp3) is 0.733. The average molecular weight is 314 g/mol. The van der Waals surface area contributed by atoms with Gasteiger partial charge in [-0.1, -0.05) is 32.4 Å². The van der Waals surface area contributed by atoms with E-state index in [4.69, 9.17) is 21.4 Å². The summed E-state index contributed by atoms with van der Waals surface area (Å²) in [5.41, 5.74) is -0.123. The Labute approximate surface area is 131 Å². The number of aliphatic hydroxyl groups excluding tert-OH is 1. The highest BCUT2D eigenvalue weighted by molar-refractivity contribution is 6.29. The first-order valence-corrected chi connectivity index (χ1v) is 7.80. The van der Waals surface area contributed by atoms with E-state index in [1.54, 1.807) is 0 Å². The van der Waals surface area contributed by atoms with Crippen molar-refractivity contribution in [1.82, 2.24) is 9.97 Å². The standard InChI is InChI=1S/C15H24ClN3O2/c1-15(2,3)14-17-12(16)10-13(18-14)19-6-4-11(5-7-19)21-9-8-20/h10-11,20H,4-9H2,1-3H3. The maximum Gasteiger partial charge on any atom is 0.137 e. The summed E-state index contributed by atoms with van der Waals surface area (Å²) < 4.78 is 5.58. The minimum Gasteiger partial charge on any atom is -0.394 e. The first-order chi connectivity index (χ1) is 9.90. The molecule has 0 radical (unpaired) electrons. The molecule has 0 unspecified atom stereocenters. The van der Waals surface area contributed by atoms with Gasteiger partial charge in [0.1, 0.15) is 16.8 Å². The minimum atomic E-state index is -0.123. The van der Waals surface area contributed by atoms with Crippen LogP contribution >= 0.6 is 11.6 Å². The normalized spacial score (nSPS) is 17.3. The molecule has 2 rings (SSSR count). The topological polar surface area (TPSA) is 58.5 Å². The highest BCUT2D eigenvalue weighted by Gasteiger charge is 2.24. The Morgan fingerprint density at radius 3 is 2.57 bits per heavy atom. The summed E-state index contributed by atoms with van der Waals surface area (Å²) in [7, 11) is 0. The van der Waals surface area contributed by atoms with Gasteiger partial charge >= 0.3 is 0 Å². The number of ether oxygens (including phenoxy) is 1. The van der Waals surface area contributed by atoms with Crippen LogP contribution in [0.15, 0.2) is 6.07 Å². The zero-order valence-corrected chi connectivity index (χ0v) is 13.7. The number of aliphatic hydroxyl groups is 1. The molecule has 1 aromatic heterocycles. The monoisotopic (exact) mass is 313 g/mol. The first kappa shape index (κ1) is 16.5. The van der Waals surface area contributed by atoms with Crippen molar-refractivity contribution in [2.45, 2.75) is 45.1 Å². The first-order valence-electron chi connectivity index (χ1n) is 7.42. The van der Waals surface area contributed by atoms with Crippen LogP contribution in [0.25, 0.3) is 0 Å². The molecule has 0 spiro atoms. The minimum absolute atomic E-state index is 0.0800. The fourth-order valence-electron chi connectivity index (χ4n) is 2.37. The second kappa shape index (κ2) is 6.90. The maximum atomic E-state index is 8.80. The molecule has 5 nitrogen and oxygen atoms in total. The molecule has 0 saturated carbocycles. The van der Waals surface area contributed by atoms with Crippen molar-refractivity contribution in [2.75, 3.05) is 31.2 Å². The predicted octanol–water partition coefficient (Wildman–Crippen LogP) is 2.41. The molecular weight excluding hydrogens is 290 g/mol. The van der Waals surface area contributed by atoms with Crippen LogP contribution in [0, 0.1) is 0 Å². The molecule has 0 bridgehead atoms. The molecule has 1 aliphatic heterocycles. The molecule has 2 heterocycles. The second-order valence-corrected chi connectivity index (χ2v) is 6.79. The Balaban J connectivity index is 2.05. The van der Waals surface area contributed by atoms with Crippen molar-refractivity contribution < 1.29 is 9.84 Å². The molecule has 6 heteroatoms. The second-order valence-electron chi connectivity index (χ2n) is 6.40. The molecule has 0 aliphatic carbocycles. The molecule has 0 atom stereocenters. The van der Waals surface area contributed by atoms with Crippen molar-refractivity contribution >= 4 is 17.4 Å². The van der Waals surface area contributed by atoms with E-state index in [0.717, 1.165) is 37.6 Å². The average Bonchev–Trinajstić information content (AvgIpc) is 2.44.